The second kappa shape index (κ2) is 6.88. The van der Waals surface area contributed by atoms with Gasteiger partial charge in [-0.1, -0.05) is 35.1 Å². The highest BCUT2D eigenvalue weighted by molar-refractivity contribution is 7.17. The van der Waals surface area contributed by atoms with E-state index in [-0.39, 0.29) is 15.4 Å². The van der Waals surface area contributed by atoms with Gasteiger partial charge in [-0.3, -0.25) is 4.79 Å². The Morgan fingerprint density at radius 1 is 1.35 bits per heavy atom. The van der Waals surface area contributed by atoms with Crippen molar-refractivity contribution in [1.29, 1.82) is 0 Å². The van der Waals surface area contributed by atoms with Gasteiger partial charge in [0.2, 0.25) is 9.47 Å². The Morgan fingerprint density at radius 2 is 2.10 bits per heavy atom. The van der Waals surface area contributed by atoms with Crippen LogP contribution in [-0.4, -0.2) is 41.2 Å². The van der Waals surface area contributed by atoms with Crippen molar-refractivity contribution in [3.8, 4) is 5.75 Å². The van der Waals surface area contributed by atoms with Crippen LogP contribution in [0.3, 0.4) is 0 Å². The smallest absolute Gasteiger partial charge is 0.284 e. The first-order valence-corrected chi connectivity index (χ1v) is 7.27. The first-order chi connectivity index (χ1) is 9.58. The van der Waals surface area contributed by atoms with Gasteiger partial charge < -0.3 is 9.64 Å². The van der Waals surface area contributed by atoms with Crippen LogP contribution in [0.1, 0.15) is 9.80 Å². The third kappa shape index (κ3) is 3.82. The molecule has 0 saturated heterocycles. The molecule has 0 aliphatic rings. The van der Waals surface area contributed by atoms with Crippen molar-refractivity contribution in [2.24, 2.45) is 0 Å². The molecule has 20 heavy (non-hydrogen) atoms. The molecule has 0 fully saturated rings. The van der Waals surface area contributed by atoms with Crippen LogP contribution in [0, 0.1) is 0 Å². The second-order valence-corrected chi connectivity index (χ2v) is 5.83. The van der Waals surface area contributed by atoms with E-state index in [2.05, 4.69) is 10.2 Å². The summed E-state index contributed by atoms with van der Waals surface area (Å²) in [7, 11) is 1.66. The summed E-state index contributed by atoms with van der Waals surface area (Å²) in [5.41, 5.74) is 0. The molecule has 0 aliphatic heterocycles. The number of rotatable bonds is 5. The van der Waals surface area contributed by atoms with Crippen LogP contribution in [0.25, 0.3) is 0 Å². The fraction of sp³-hybridized carbons (Fsp3) is 0.250. The lowest BCUT2D eigenvalue weighted by Gasteiger charge is -2.16. The molecule has 0 radical (unpaired) electrons. The van der Waals surface area contributed by atoms with E-state index in [0.717, 1.165) is 11.3 Å². The van der Waals surface area contributed by atoms with Gasteiger partial charge in [0, 0.05) is 7.05 Å². The minimum atomic E-state index is -0.239. The van der Waals surface area contributed by atoms with Gasteiger partial charge in [0.25, 0.3) is 5.91 Å². The van der Waals surface area contributed by atoms with E-state index in [4.69, 9.17) is 27.9 Å². The molecular formula is C12H11Cl2N3O2S. The fourth-order valence-electron chi connectivity index (χ4n) is 1.41. The minimum Gasteiger partial charge on any atom is -0.490 e. The average Bonchev–Trinajstić information content (AvgIpc) is 2.86. The number of hydrogen-bond donors (Lipinski definition) is 0. The van der Waals surface area contributed by atoms with Crippen LogP contribution < -0.4 is 4.74 Å². The van der Waals surface area contributed by atoms with Crippen LogP contribution >= 0.6 is 34.5 Å². The first kappa shape index (κ1) is 15.0. The Morgan fingerprint density at radius 3 is 2.75 bits per heavy atom. The Labute approximate surface area is 130 Å². The van der Waals surface area contributed by atoms with Gasteiger partial charge >= 0.3 is 0 Å². The molecule has 0 unspecified atom stereocenters. The van der Waals surface area contributed by atoms with Gasteiger partial charge in [0.1, 0.15) is 12.4 Å². The lowest BCUT2D eigenvalue weighted by atomic mass is 10.3. The number of nitrogens with zero attached hydrogens (tertiary/aromatic N) is 3. The van der Waals surface area contributed by atoms with Crippen LogP contribution in [0.2, 0.25) is 9.49 Å². The fourth-order valence-corrected chi connectivity index (χ4v) is 2.42. The molecule has 0 atom stereocenters. The van der Waals surface area contributed by atoms with Crippen LogP contribution in [0.5, 0.6) is 5.75 Å². The van der Waals surface area contributed by atoms with Crippen molar-refractivity contribution >= 4 is 40.4 Å². The zero-order valence-corrected chi connectivity index (χ0v) is 12.9. The van der Waals surface area contributed by atoms with E-state index in [1.807, 2.05) is 12.1 Å². The summed E-state index contributed by atoms with van der Waals surface area (Å²) in [5, 5.41) is 8.10. The summed E-state index contributed by atoms with van der Waals surface area (Å²) in [6, 6.07) is 7.17. The molecule has 1 aromatic carbocycles. The number of hydrogen-bond acceptors (Lipinski definition) is 5. The Kier molecular flexibility index (Phi) is 5.17. The number of aromatic nitrogens is 2. The summed E-state index contributed by atoms with van der Waals surface area (Å²) in [6.07, 6.45) is 0. The van der Waals surface area contributed by atoms with E-state index >= 15 is 0 Å². The number of carbonyl (C=O) groups excluding carboxylic acids is 1. The summed E-state index contributed by atoms with van der Waals surface area (Å²) >= 11 is 12.7. The standard InChI is InChI=1S/C12H11Cl2N3O2S/c1-17(11(18)10-15-16-12(14)20-10)6-7-19-9-5-3-2-4-8(9)13/h2-5H,6-7H2,1H3. The summed E-state index contributed by atoms with van der Waals surface area (Å²) < 4.78 is 5.76. The molecule has 0 aliphatic carbocycles. The highest BCUT2D eigenvalue weighted by Crippen LogP contribution is 2.23. The van der Waals surface area contributed by atoms with Gasteiger partial charge in [-0.25, -0.2) is 0 Å². The lowest BCUT2D eigenvalue weighted by molar-refractivity contribution is 0.0772. The Balaban J connectivity index is 1.85. The maximum atomic E-state index is 12.0. The van der Waals surface area contributed by atoms with Crippen LogP contribution in [0.15, 0.2) is 24.3 Å². The maximum absolute atomic E-state index is 12.0. The number of para-hydroxylation sites is 1. The van der Waals surface area contributed by atoms with Gasteiger partial charge in [-0.2, -0.15) is 0 Å². The molecule has 1 amide bonds. The molecule has 5 nitrogen and oxygen atoms in total. The highest BCUT2D eigenvalue weighted by atomic mass is 35.5. The normalized spacial score (nSPS) is 10.3. The second-order valence-electron chi connectivity index (χ2n) is 3.87. The summed E-state index contributed by atoms with van der Waals surface area (Å²) in [5.74, 6) is 0.353. The molecule has 0 bridgehead atoms. The molecule has 0 N–H and O–H groups in total. The number of amides is 1. The zero-order valence-electron chi connectivity index (χ0n) is 10.5. The third-order valence-corrected chi connectivity index (χ3v) is 3.77. The van der Waals surface area contributed by atoms with E-state index in [1.54, 1.807) is 19.2 Å². The quantitative estimate of drug-likeness (QED) is 0.845. The van der Waals surface area contributed by atoms with Crippen LogP contribution in [-0.2, 0) is 0 Å². The van der Waals surface area contributed by atoms with E-state index in [1.165, 1.54) is 4.90 Å². The third-order valence-electron chi connectivity index (χ3n) is 2.45. The Hall–Kier alpha value is -1.37. The van der Waals surface area contributed by atoms with Crippen molar-refractivity contribution in [2.45, 2.75) is 0 Å². The van der Waals surface area contributed by atoms with Crippen molar-refractivity contribution in [2.75, 3.05) is 20.2 Å². The highest BCUT2D eigenvalue weighted by Gasteiger charge is 2.16. The van der Waals surface area contributed by atoms with Gasteiger partial charge in [0.15, 0.2) is 0 Å². The van der Waals surface area contributed by atoms with E-state index in [9.17, 15) is 4.79 Å². The molecule has 2 aromatic rings. The van der Waals surface area contributed by atoms with Crippen molar-refractivity contribution in [3.63, 3.8) is 0 Å². The SMILES string of the molecule is CN(CCOc1ccccc1Cl)C(=O)c1nnc(Cl)s1. The van der Waals surface area contributed by atoms with Gasteiger partial charge in [-0.15, -0.1) is 10.2 Å². The topological polar surface area (TPSA) is 55.3 Å². The predicted octanol–water partition coefficient (Wildman–Crippen LogP) is 3.00. The van der Waals surface area contributed by atoms with E-state index in [0.29, 0.717) is 23.9 Å². The molecule has 0 spiro atoms. The van der Waals surface area contributed by atoms with Crippen molar-refractivity contribution in [3.05, 3.63) is 38.8 Å². The number of ether oxygens (including phenoxy) is 1. The average molecular weight is 332 g/mol. The molecule has 106 valence electrons. The number of carbonyl (C=O) groups is 1. The molecule has 2 rings (SSSR count). The number of halogens is 2. The Bertz CT molecular complexity index is 606. The van der Waals surface area contributed by atoms with Crippen molar-refractivity contribution in [1.82, 2.24) is 15.1 Å². The lowest BCUT2D eigenvalue weighted by Crippen LogP contribution is -2.30. The molecule has 8 heteroatoms. The van der Waals surface area contributed by atoms with Gasteiger partial charge in [0.05, 0.1) is 11.6 Å². The largest absolute Gasteiger partial charge is 0.490 e. The number of benzene rings is 1. The predicted molar refractivity (Wildman–Crippen MR) is 78.8 cm³/mol. The molecule has 1 aromatic heterocycles. The zero-order chi connectivity index (χ0) is 14.5. The van der Waals surface area contributed by atoms with Crippen LogP contribution in [0.4, 0.5) is 0 Å². The maximum Gasteiger partial charge on any atom is 0.284 e. The monoisotopic (exact) mass is 331 g/mol. The summed E-state index contributed by atoms with van der Waals surface area (Å²) in [6.45, 7) is 0.736. The minimum absolute atomic E-state index is 0.239. The van der Waals surface area contributed by atoms with Crippen molar-refractivity contribution < 1.29 is 9.53 Å². The molecule has 0 saturated carbocycles. The van der Waals surface area contributed by atoms with Gasteiger partial charge in [-0.05, 0) is 23.7 Å². The summed E-state index contributed by atoms with van der Waals surface area (Å²) in [4.78, 5) is 13.5. The first-order valence-electron chi connectivity index (χ1n) is 5.69. The number of likely N-dealkylation sites (N-methyl/N-ethyl adjacent to an activating group) is 1. The van der Waals surface area contributed by atoms with E-state index < -0.39 is 0 Å². The molecular weight excluding hydrogens is 321 g/mol. The molecule has 1 heterocycles.